The second kappa shape index (κ2) is 8.49. The van der Waals surface area contributed by atoms with Gasteiger partial charge in [0.15, 0.2) is 11.0 Å². The number of hydrogen-bond acceptors (Lipinski definition) is 4. The van der Waals surface area contributed by atoms with E-state index in [4.69, 9.17) is 0 Å². The summed E-state index contributed by atoms with van der Waals surface area (Å²) in [5, 5.41) is 12.1. The Labute approximate surface area is 157 Å². The smallest absolute Gasteiger partial charge is 0.234 e. The number of carbonyl (C=O) groups is 1. The van der Waals surface area contributed by atoms with Gasteiger partial charge in [-0.2, -0.15) is 0 Å². The van der Waals surface area contributed by atoms with Crippen molar-refractivity contribution in [1.29, 1.82) is 0 Å². The zero-order chi connectivity index (χ0) is 18.4. The molecule has 0 unspecified atom stereocenters. The minimum Gasteiger partial charge on any atom is -0.325 e. The number of nitrogens with one attached hydrogen (secondary N) is 1. The molecule has 6 heteroatoms. The van der Waals surface area contributed by atoms with E-state index in [1.165, 1.54) is 17.3 Å². The molecule has 0 fully saturated rings. The van der Waals surface area contributed by atoms with Gasteiger partial charge in [0.2, 0.25) is 5.91 Å². The van der Waals surface area contributed by atoms with Crippen molar-refractivity contribution in [2.45, 2.75) is 18.6 Å². The molecule has 0 aliphatic heterocycles. The first-order valence-corrected chi connectivity index (χ1v) is 9.25. The summed E-state index contributed by atoms with van der Waals surface area (Å²) in [6, 6.07) is 17.5. The van der Waals surface area contributed by atoms with E-state index in [-0.39, 0.29) is 11.7 Å². The fourth-order valence-corrected chi connectivity index (χ4v) is 3.20. The molecule has 0 radical (unpaired) electrons. The third kappa shape index (κ3) is 4.40. The highest BCUT2D eigenvalue weighted by molar-refractivity contribution is 7.99. The van der Waals surface area contributed by atoms with Crippen LogP contribution in [-0.2, 0) is 11.3 Å². The first kappa shape index (κ1) is 17.9. The summed E-state index contributed by atoms with van der Waals surface area (Å²) in [7, 11) is 0. The van der Waals surface area contributed by atoms with E-state index >= 15 is 0 Å². The number of amides is 1. The fraction of sp³-hybridized carbons (Fsp3) is 0.150. The lowest BCUT2D eigenvalue weighted by atomic mass is 10.1. The van der Waals surface area contributed by atoms with Gasteiger partial charge in [0, 0.05) is 17.8 Å². The number of anilines is 1. The van der Waals surface area contributed by atoms with E-state index in [1.54, 1.807) is 6.08 Å². The first-order chi connectivity index (χ1) is 12.7. The van der Waals surface area contributed by atoms with Crippen LogP contribution in [0.3, 0.4) is 0 Å². The Kier molecular flexibility index (Phi) is 5.86. The normalized spacial score (nSPS) is 10.5. The molecule has 2 aromatic carbocycles. The lowest BCUT2D eigenvalue weighted by molar-refractivity contribution is -0.113. The van der Waals surface area contributed by atoms with Crippen LogP contribution >= 0.6 is 11.8 Å². The number of aryl methyl sites for hydroxylation is 1. The second-order valence-corrected chi connectivity index (χ2v) is 6.72. The van der Waals surface area contributed by atoms with Crippen molar-refractivity contribution >= 4 is 23.4 Å². The van der Waals surface area contributed by atoms with Crippen molar-refractivity contribution in [2.75, 3.05) is 11.1 Å². The predicted molar refractivity (Wildman–Crippen MR) is 106 cm³/mol. The van der Waals surface area contributed by atoms with Gasteiger partial charge in [-0.3, -0.25) is 9.36 Å². The SMILES string of the molecule is C=CCn1c(SCC(=O)Nc2ccccc2)nnc1-c1ccc(C)cc1. The predicted octanol–water partition coefficient (Wildman–Crippen LogP) is 4.17. The zero-order valence-corrected chi connectivity index (χ0v) is 15.4. The van der Waals surface area contributed by atoms with Crippen molar-refractivity contribution in [3.05, 3.63) is 72.8 Å². The Morgan fingerprint density at radius 3 is 2.58 bits per heavy atom. The van der Waals surface area contributed by atoms with Crippen molar-refractivity contribution in [1.82, 2.24) is 14.8 Å². The van der Waals surface area contributed by atoms with Gasteiger partial charge in [0.1, 0.15) is 0 Å². The standard InChI is InChI=1S/C20H20N4OS/c1-3-13-24-19(16-11-9-15(2)10-12-16)22-23-20(24)26-14-18(25)21-17-7-5-4-6-8-17/h3-12H,1,13-14H2,2H3,(H,21,25). The average Bonchev–Trinajstić information content (AvgIpc) is 3.05. The number of carbonyl (C=O) groups excluding carboxylic acids is 1. The molecule has 0 aliphatic rings. The van der Waals surface area contributed by atoms with Gasteiger partial charge in [-0.25, -0.2) is 0 Å². The maximum absolute atomic E-state index is 12.2. The van der Waals surface area contributed by atoms with Gasteiger partial charge in [-0.1, -0.05) is 65.9 Å². The summed E-state index contributed by atoms with van der Waals surface area (Å²) < 4.78 is 1.97. The molecule has 0 spiro atoms. The van der Waals surface area contributed by atoms with Gasteiger partial charge >= 0.3 is 0 Å². The first-order valence-electron chi connectivity index (χ1n) is 8.26. The molecule has 1 heterocycles. The second-order valence-electron chi connectivity index (χ2n) is 5.77. The number of benzene rings is 2. The van der Waals surface area contributed by atoms with Crippen LogP contribution in [0.15, 0.2) is 72.4 Å². The van der Waals surface area contributed by atoms with E-state index in [2.05, 4.69) is 22.1 Å². The molecular formula is C20H20N4OS. The third-order valence-electron chi connectivity index (χ3n) is 3.73. The molecule has 5 nitrogen and oxygen atoms in total. The third-order valence-corrected chi connectivity index (χ3v) is 4.69. The van der Waals surface area contributed by atoms with Crippen LogP contribution in [0, 0.1) is 6.92 Å². The van der Waals surface area contributed by atoms with Crippen LogP contribution in [0.25, 0.3) is 11.4 Å². The summed E-state index contributed by atoms with van der Waals surface area (Å²) in [5.74, 6) is 0.958. The summed E-state index contributed by atoms with van der Waals surface area (Å²) in [6.07, 6.45) is 1.80. The van der Waals surface area contributed by atoms with Gasteiger partial charge < -0.3 is 5.32 Å². The fourth-order valence-electron chi connectivity index (χ4n) is 2.45. The van der Waals surface area contributed by atoms with Gasteiger partial charge in [0.05, 0.1) is 5.75 Å². The molecule has 132 valence electrons. The van der Waals surface area contributed by atoms with E-state index in [0.29, 0.717) is 11.7 Å². The van der Waals surface area contributed by atoms with Crippen molar-refractivity contribution in [3.63, 3.8) is 0 Å². The van der Waals surface area contributed by atoms with Gasteiger partial charge in [0.25, 0.3) is 0 Å². The Bertz CT molecular complexity index is 888. The molecule has 1 N–H and O–H groups in total. The van der Waals surface area contributed by atoms with E-state index in [9.17, 15) is 4.79 Å². The van der Waals surface area contributed by atoms with Crippen LogP contribution in [0.5, 0.6) is 0 Å². The molecule has 26 heavy (non-hydrogen) atoms. The Hall–Kier alpha value is -2.86. The lowest BCUT2D eigenvalue weighted by Gasteiger charge is -2.08. The lowest BCUT2D eigenvalue weighted by Crippen LogP contribution is -2.14. The van der Waals surface area contributed by atoms with E-state index in [0.717, 1.165) is 17.1 Å². The van der Waals surface area contributed by atoms with Gasteiger partial charge in [-0.15, -0.1) is 16.8 Å². The summed E-state index contributed by atoms with van der Waals surface area (Å²) >= 11 is 1.36. The molecule has 0 atom stereocenters. The van der Waals surface area contributed by atoms with E-state index < -0.39 is 0 Å². The van der Waals surface area contributed by atoms with Crippen LogP contribution in [0.2, 0.25) is 0 Å². The monoisotopic (exact) mass is 364 g/mol. The van der Waals surface area contributed by atoms with Gasteiger partial charge in [-0.05, 0) is 19.1 Å². The average molecular weight is 364 g/mol. The quantitative estimate of drug-likeness (QED) is 0.505. The Morgan fingerprint density at radius 1 is 1.15 bits per heavy atom. The highest BCUT2D eigenvalue weighted by Crippen LogP contribution is 2.24. The molecular weight excluding hydrogens is 344 g/mol. The minimum absolute atomic E-state index is 0.0776. The molecule has 3 aromatic rings. The largest absolute Gasteiger partial charge is 0.325 e. The molecule has 1 aromatic heterocycles. The summed E-state index contributed by atoms with van der Waals surface area (Å²) in [5.41, 5.74) is 2.97. The van der Waals surface area contributed by atoms with Crippen molar-refractivity contribution < 1.29 is 4.79 Å². The number of nitrogens with zero attached hydrogens (tertiary/aromatic N) is 3. The summed E-state index contributed by atoms with van der Waals surface area (Å²) in [6.45, 7) is 6.44. The van der Waals surface area contributed by atoms with Crippen molar-refractivity contribution in [3.8, 4) is 11.4 Å². The maximum atomic E-state index is 12.2. The molecule has 0 saturated carbocycles. The Balaban J connectivity index is 1.72. The number of rotatable bonds is 7. The topological polar surface area (TPSA) is 59.8 Å². The molecule has 0 bridgehead atoms. The molecule has 1 amide bonds. The number of thioether (sulfide) groups is 1. The molecule has 3 rings (SSSR count). The van der Waals surface area contributed by atoms with Crippen LogP contribution in [0.4, 0.5) is 5.69 Å². The highest BCUT2D eigenvalue weighted by atomic mass is 32.2. The summed E-state index contributed by atoms with van der Waals surface area (Å²) in [4.78, 5) is 12.2. The van der Waals surface area contributed by atoms with Crippen LogP contribution in [-0.4, -0.2) is 26.4 Å². The van der Waals surface area contributed by atoms with E-state index in [1.807, 2.05) is 66.1 Å². The zero-order valence-electron chi connectivity index (χ0n) is 14.6. The van der Waals surface area contributed by atoms with Crippen molar-refractivity contribution in [2.24, 2.45) is 0 Å². The number of aromatic nitrogens is 3. The number of hydrogen-bond donors (Lipinski definition) is 1. The Morgan fingerprint density at radius 2 is 1.88 bits per heavy atom. The molecule has 0 saturated heterocycles. The maximum Gasteiger partial charge on any atom is 0.234 e. The highest BCUT2D eigenvalue weighted by Gasteiger charge is 2.15. The van der Waals surface area contributed by atoms with Crippen LogP contribution in [0.1, 0.15) is 5.56 Å². The minimum atomic E-state index is -0.0776. The number of para-hydroxylation sites is 1. The molecule has 0 aliphatic carbocycles. The van der Waals surface area contributed by atoms with Crippen LogP contribution < -0.4 is 5.32 Å². The number of allylic oxidation sites excluding steroid dienone is 1.